The van der Waals surface area contributed by atoms with Gasteiger partial charge in [0.15, 0.2) is 0 Å². The van der Waals surface area contributed by atoms with Crippen molar-refractivity contribution in [2.24, 2.45) is 11.1 Å². The molecule has 1 saturated heterocycles. The molecule has 0 aromatic carbocycles. The monoisotopic (exact) mass is 240 g/mol. The lowest BCUT2D eigenvalue weighted by molar-refractivity contribution is -0.134. The maximum Gasteiger partial charge on any atom is 0.224 e. The molecule has 1 fully saturated rings. The molecule has 0 bridgehead atoms. The van der Waals surface area contributed by atoms with Gasteiger partial charge in [-0.15, -0.1) is 0 Å². The molecule has 2 unspecified atom stereocenters. The maximum absolute atomic E-state index is 12.2. The third kappa shape index (κ3) is 5.07. The van der Waals surface area contributed by atoms with E-state index in [4.69, 9.17) is 5.73 Å². The van der Waals surface area contributed by atoms with E-state index < -0.39 is 0 Å². The summed E-state index contributed by atoms with van der Waals surface area (Å²) in [5, 5.41) is 0. The number of rotatable bonds is 3. The number of nitrogens with two attached hydrogens (primary N) is 1. The van der Waals surface area contributed by atoms with E-state index in [-0.39, 0.29) is 17.4 Å². The molecule has 0 spiro atoms. The highest BCUT2D eigenvalue weighted by molar-refractivity contribution is 5.77. The number of amides is 1. The zero-order valence-corrected chi connectivity index (χ0v) is 11.8. The van der Waals surface area contributed by atoms with Gasteiger partial charge in [0, 0.05) is 25.0 Å². The molecular weight excluding hydrogens is 212 g/mol. The van der Waals surface area contributed by atoms with Crippen LogP contribution in [0.2, 0.25) is 0 Å². The summed E-state index contributed by atoms with van der Waals surface area (Å²) in [5.74, 6) is 0.244. The fourth-order valence-corrected chi connectivity index (χ4v) is 2.67. The van der Waals surface area contributed by atoms with Crippen LogP contribution in [-0.2, 0) is 4.79 Å². The first-order valence-corrected chi connectivity index (χ1v) is 6.84. The second-order valence-corrected chi connectivity index (χ2v) is 6.66. The third-order valence-corrected chi connectivity index (χ3v) is 3.43. The zero-order chi connectivity index (χ0) is 13.1. The Labute approximate surface area is 106 Å². The van der Waals surface area contributed by atoms with Gasteiger partial charge in [0.1, 0.15) is 0 Å². The van der Waals surface area contributed by atoms with Crippen molar-refractivity contribution < 1.29 is 4.79 Å². The highest BCUT2D eigenvalue weighted by atomic mass is 16.2. The number of hydrogen-bond acceptors (Lipinski definition) is 2. The summed E-state index contributed by atoms with van der Waals surface area (Å²) in [7, 11) is 0. The van der Waals surface area contributed by atoms with Crippen molar-refractivity contribution in [2.45, 2.75) is 71.9 Å². The third-order valence-electron chi connectivity index (χ3n) is 3.43. The fourth-order valence-electron chi connectivity index (χ4n) is 2.67. The van der Waals surface area contributed by atoms with Gasteiger partial charge < -0.3 is 10.6 Å². The summed E-state index contributed by atoms with van der Waals surface area (Å²) in [6, 6.07) is 0.398. The topological polar surface area (TPSA) is 46.3 Å². The second-order valence-electron chi connectivity index (χ2n) is 6.66. The predicted molar refractivity (Wildman–Crippen MR) is 71.7 cm³/mol. The lowest BCUT2D eigenvalue weighted by atomic mass is 9.87. The quantitative estimate of drug-likeness (QED) is 0.824. The van der Waals surface area contributed by atoms with Gasteiger partial charge in [0.05, 0.1) is 0 Å². The predicted octanol–water partition coefficient (Wildman–Crippen LogP) is 2.54. The molecule has 100 valence electrons. The van der Waals surface area contributed by atoms with Gasteiger partial charge >= 0.3 is 0 Å². The molecule has 0 aromatic heterocycles. The van der Waals surface area contributed by atoms with Crippen molar-refractivity contribution >= 4 is 5.91 Å². The summed E-state index contributed by atoms with van der Waals surface area (Å²) in [6.45, 7) is 9.57. The molecule has 1 aliphatic heterocycles. The molecule has 1 heterocycles. The first-order chi connectivity index (χ1) is 7.79. The fraction of sp³-hybridized carbons (Fsp3) is 0.929. The Balaban J connectivity index is 2.42. The minimum Gasteiger partial charge on any atom is -0.340 e. The Hall–Kier alpha value is -0.570. The van der Waals surface area contributed by atoms with E-state index in [9.17, 15) is 4.79 Å². The summed E-state index contributed by atoms with van der Waals surface area (Å²) in [4.78, 5) is 14.2. The lowest BCUT2D eigenvalue weighted by Crippen LogP contribution is -2.44. The van der Waals surface area contributed by atoms with Crippen molar-refractivity contribution in [1.29, 1.82) is 0 Å². The van der Waals surface area contributed by atoms with E-state index in [2.05, 4.69) is 27.7 Å². The highest BCUT2D eigenvalue weighted by Crippen LogP contribution is 2.23. The van der Waals surface area contributed by atoms with Crippen LogP contribution in [-0.4, -0.2) is 29.4 Å². The minimum atomic E-state index is -0.00312. The summed E-state index contributed by atoms with van der Waals surface area (Å²) >= 11 is 0. The largest absolute Gasteiger partial charge is 0.340 e. The van der Waals surface area contributed by atoms with Gasteiger partial charge in [-0.25, -0.2) is 0 Å². The second kappa shape index (κ2) is 5.85. The molecule has 1 rings (SSSR count). The molecule has 1 aliphatic rings. The molecule has 0 aromatic rings. The summed E-state index contributed by atoms with van der Waals surface area (Å²) < 4.78 is 0. The molecule has 0 saturated carbocycles. The number of likely N-dealkylation sites (tertiary alicyclic amines) is 1. The van der Waals surface area contributed by atoms with Crippen LogP contribution in [0.15, 0.2) is 0 Å². The molecule has 17 heavy (non-hydrogen) atoms. The number of carbonyl (C=O) groups is 1. The summed E-state index contributed by atoms with van der Waals surface area (Å²) in [5.41, 5.74) is 6.27. The zero-order valence-electron chi connectivity index (χ0n) is 11.8. The van der Waals surface area contributed by atoms with Crippen LogP contribution in [0.4, 0.5) is 0 Å². The van der Waals surface area contributed by atoms with E-state index in [1.165, 1.54) is 6.42 Å². The van der Waals surface area contributed by atoms with Crippen molar-refractivity contribution in [3.05, 3.63) is 0 Å². The van der Waals surface area contributed by atoms with Crippen LogP contribution in [0, 0.1) is 5.41 Å². The van der Waals surface area contributed by atoms with Gasteiger partial charge in [-0.2, -0.15) is 0 Å². The lowest BCUT2D eigenvalue weighted by Gasteiger charge is -2.34. The van der Waals surface area contributed by atoms with Crippen LogP contribution in [0.5, 0.6) is 0 Å². The van der Waals surface area contributed by atoms with Crippen molar-refractivity contribution in [2.75, 3.05) is 6.54 Å². The van der Waals surface area contributed by atoms with Gasteiger partial charge in [0.25, 0.3) is 0 Å². The Morgan fingerprint density at radius 2 is 2.06 bits per heavy atom. The van der Waals surface area contributed by atoms with E-state index in [1.807, 2.05) is 4.90 Å². The highest BCUT2D eigenvalue weighted by Gasteiger charge is 2.25. The maximum atomic E-state index is 12.2. The first kappa shape index (κ1) is 14.5. The molecule has 1 amide bonds. The SMILES string of the molecule is CC1CCCCN1C(=O)CC(N)CC(C)(C)C. The Morgan fingerprint density at radius 1 is 1.41 bits per heavy atom. The molecule has 2 N–H and O–H groups in total. The molecule has 2 atom stereocenters. The van der Waals surface area contributed by atoms with Crippen molar-refractivity contribution in [1.82, 2.24) is 4.90 Å². The molecule has 3 nitrogen and oxygen atoms in total. The van der Waals surface area contributed by atoms with E-state index in [0.29, 0.717) is 12.5 Å². The van der Waals surface area contributed by atoms with Gasteiger partial charge in [-0.1, -0.05) is 20.8 Å². The average Bonchev–Trinajstić information content (AvgIpc) is 2.14. The van der Waals surface area contributed by atoms with E-state index in [0.717, 1.165) is 25.8 Å². The molecule has 0 radical (unpaired) electrons. The molecule has 0 aliphatic carbocycles. The Bertz CT molecular complexity index is 257. The van der Waals surface area contributed by atoms with Gasteiger partial charge in [-0.05, 0) is 38.0 Å². The smallest absolute Gasteiger partial charge is 0.224 e. The minimum absolute atomic E-state index is 0.00312. The number of nitrogens with zero attached hydrogens (tertiary/aromatic N) is 1. The standard InChI is InChI=1S/C14H28N2O/c1-11-7-5-6-8-16(11)13(17)9-12(15)10-14(2,3)4/h11-12H,5-10,15H2,1-4H3. The van der Waals surface area contributed by atoms with E-state index >= 15 is 0 Å². The normalized spacial score (nSPS) is 23.6. The Kier molecular flexibility index (Phi) is 4.99. The number of hydrogen-bond donors (Lipinski definition) is 1. The van der Waals surface area contributed by atoms with Gasteiger partial charge in [-0.3, -0.25) is 4.79 Å². The number of carbonyl (C=O) groups excluding carboxylic acids is 1. The van der Waals surface area contributed by atoms with E-state index in [1.54, 1.807) is 0 Å². The van der Waals surface area contributed by atoms with Crippen LogP contribution in [0.25, 0.3) is 0 Å². The first-order valence-electron chi connectivity index (χ1n) is 6.84. The molecular formula is C14H28N2O. The van der Waals surface area contributed by atoms with Crippen LogP contribution < -0.4 is 5.73 Å². The van der Waals surface area contributed by atoms with Crippen LogP contribution in [0.1, 0.15) is 59.8 Å². The van der Waals surface area contributed by atoms with Crippen LogP contribution >= 0.6 is 0 Å². The average molecular weight is 240 g/mol. The van der Waals surface area contributed by atoms with Gasteiger partial charge in [0.2, 0.25) is 5.91 Å². The van der Waals surface area contributed by atoms with Crippen molar-refractivity contribution in [3.63, 3.8) is 0 Å². The number of piperidine rings is 1. The molecule has 3 heteroatoms. The summed E-state index contributed by atoms with van der Waals surface area (Å²) in [6.07, 6.45) is 4.94. The Morgan fingerprint density at radius 3 is 2.59 bits per heavy atom. The van der Waals surface area contributed by atoms with Crippen molar-refractivity contribution in [3.8, 4) is 0 Å². The van der Waals surface area contributed by atoms with Crippen LogP contribution in [0.3, 0.4) is 0 Å².